The van der Waals surface area contributed by atoms with Crippen molar-refractivity contribution < 1.29 is 9.32 Å². The summed E-state index contributed by atoms with van der Waals surface area (Å²) >= 11 is 0. The van der Waals surface area contributed by atoms with E-state index < -0.39 is 0 Å². The van der Waals surface area contributed by atoms with Crippen LogP contribution in [0.1, 0.15) is 35.8 Å². The normalized spacial score (nSPS) is 11.0. The van der Waals surface area contributed by atoms with E-state index in [9.17, 15) is 4.79 Å². The number of rotatable bonds is 7. The summed E-state index contributed by atoms with van der Waals surface area (Å²) in [7, 11) is 0. The Morgan fingerprint density at radius 1 is 1.52 bits per heavy atom. The van der Waals surface area contributed by atoms with E-state index in [1.165, 1.54) is 4.68 Å². The number of nitrogens with zero attached hydrogens (tertiary/aromatic N) is 4. The van der Waals surface area contributed by atoms with Crippen molar-refractivity contribution in [3.05, 3.63) is 29.4 Å². The molecule has 2 heterocycles. The predicted octanol–water partition coefficient (Wildman–Crippen LogP) is 0.353. The fourth-order valence-corrected chi connectivity index (χ4v) is 1.84. The Kier molecular flexibility index (Phi) is 5.04. The van der Waals surface area contributed by atoms with E-state index in [0.29, 0.717) is 31.2 Å². The van der Waals surface area contributed by atoms with Crippen LogP contribution >= 0.6 is 0 Å². The van der Waals surface area contributed by atoms with Gasteiger partial charge in [-0.15, -0.1) is 5.10 Å². The smallest absolute Gasteiger partial charge is 0.273 e. The highest BCUT2D eigenvalue weighted by Gasteiger charge is 2.12. The summed E-state index contributed by atoms with van der Waals surface area (Å²) in [5, 5.41) is 14.3. The molecule has 8 nitrogen and oxygen atoms in total. The number of carbonyl (C=O) groups excluding carboxylic acids is 1. The minimum Gasteiger partial charge on any atom is -0.361 e. The van der Waals surface area contributed by atoms with Crippen LogP contribution in [0.15, 0.2) is 16.8 Å². The Labute approximate surface area is 122 Å². The standard InChI is InChI=1S/C13H20N6O2/c1-9(2)5-11-6-10(17-21-11)7-15-13(20)12-8-19(4-3-14)18-16-12/h6,8-9H,3-5,7,14H2,1-2H3,(H,15,20). The summed E-state index contributed by atoms with van der Waals surface area (Å²) in [6.45, 7) is 5.48. The molecule has 0 bridgehead atoms. The quantitative estimate of drug-likeness (QED) is 0.761. The highest BCUT2D eigenvalue weighted by molar-refractivity contribution is 5.91. The lowest BCUT2D eigenvalue weighted by Crippen LogP contribution is -2.23. The molecule has 0 atom stereocenters. The Bertz CT molecular complexity index is 589. The van der Waals surface area contributed by atoms with E-state index in [4.69, 9.17) is 10.3 Å². The highest BCUT2D eigenvalue weighted by atomic mass is 16.5. The average molecular weight is 292 g/mol. The van der Waals surface area contributed by atoms with Gasteiger partial charge >= 0.3 is 0 Å². The molecule has 1 amide bonds. The highest BCUT2D eigenvalue weighted by Crippen LogP contribution is 2.09. The van der Waals surface area contributed by atoms with E-state index in [1.54, 1.807) is 6.20 Å². The number of aromatic nitrogens is 4. The number of nitrogens with two attached hydrogens (primary N) is 1. The molecule has 0 saturated carbocycles. The topological polar surface area (TPSA) is 112 Å². The van der Waals surface area contributed by atoms with Crippen molar-refractivity contribution in [2.75, 3.05) is 6.54 Å². The van der Waals surface area contributed by atoms with E-state index in [-0.39, 0.29) is 11.6 Å². The molecule has 21 heavy (non-hydrogen) atoms. The molecule has 0 spiro atoms. The van der Waals surface area contributed by atoms with Crippen LogP contribution in [0.5, 0.6) is 0 Å². The Morgan fingerprint density at radius 2 is 2.33 bits per heavy atom. The van der Waals surface area contributed by atoms with Crippen molar-refractivity contribution >= 4 is 5.91 Å². The molecular formula is C13H20N6O2. The van der Waals surface area contributed by atoms with E-state index >= 15 is 0 Å². The molecule has 0 aliphatic carbocycles. The lowest BCUT2D eigenvalue weighted by atomic mass is 10.1. The van der Waals surface area contributed by atoms with Crippen LogP contribution in [0.4, 0.5) is 0 Å². The third kappa shape index (κ3) is 4.38. The monoisotopic (exact) mass is 292 g/mol. The first-order chi connectivity index (χ1) is 10.1. The summed E-state index contributed by atoms with van der Waals surface area (Å²) in [6, 6.07) is 1.85. The zero-order valence-electron chi connectivity index (χ0n) is 12.2. The largest absolute Gasteiger partial charge is 0.361 e. The SMILES string of the molecule is CC(C)Cc1cc(CNC(=O)c2cn(CCN)nn2)no1. The van der Waals surface area contributed by atoms with Gasteiger partial charge < -0.3 is 15.6 Å². The summed E-state index contributed by atoms with van der Waals surface area (Å²) in [6.07, 6.45) is 2.39. The minimum absolute atomic E-state index is 0.259. The molecule has 0 aromatic carbocycles. The van der Waals surface area contributed by atoms with Gasteiger partial charge in [-0.25, -0.2) is 0 Å². The molecule has 0 aliphatic rings. The fourth-order valence-electron chi connectivity index (χ4n) is 1.84. The molecule has 0 unspecified atom stereocenters. The van der Waals surface area contributed by atoms with Crippen LogP contribution in [0.3, 0.4) is 0 Å². The van der Waals surface area contributed by atoms with Gasteiger partial charge in [0.25, 0.3) is 5.91 Å². The Morgan fingerprint density at radius 3 is 3.05 bits per heavy atom. The summed E-state index contributed by atoms with van der Waals surface area (Å²) in [4.78, 5) is 11.9. The van der Waals surface area contributed by atoms with Crippen molar-refractivity contribution in [2.24, 2.45) is 11.7 Å². The molecule has 0 aliphatic heterocycles. The second-order valence-electron chi connectivity index (χ2n) is 5.22. The minimum atomic E-state index is -0.299. The van der Waals surface area contributed by atoms with E-state index in [1.807, 2.05) is 6.07 Å². The van der Waals surface area contributed by atoms with Crippen LogP contribution in [0.2, 0.25) is 0 Å². The first kappa shape index (κ1) is 15.2. The van der Waals surface area contributed by atoms with Gasteiger partial charge in [0.15, 0.2) is 5.69 Å². The number of amides is 1. The summed E-state index contributed by atoms with van der Waals surface area (Å²) in [5.41, 5.74) is 6.36. The maximum absolute atomic E-state index is 11.9. The van der Waals surface area contributed by atoms with Gasteiger partial charge in [-0.2, -0.15) is 0 Å². The fraction of sp³-hybridized carbons (Fsp3) is 0.538. The molecule has 3 N–H and O–H groups in total. The number of hydrogen-bond acceptors (Lipinski definition) is 6. The molecule has 0 radical (unpaired) electrons. The van der Waals surface area contributed by atoms with Gasteiger partial charge in [-0.05, 0) is 5.92 Å². The second kappa shape index (κ2) is 6.98. The lowest BCUT2D eigenvalue weighted by molar-refractivity contribution is 0.0945. The van der Waals surface area contributed by atoms with Gasteiger partial charge in [0.2, 0.25) is 0 Å². The summed E-state index contributed by atoms with van der Waals surface area (Å²) in [5.74, 6) is 1.02. The summed E-state index contributed by atoms with van der Waals surface area (Å²) < 4.78 is 6.74. The van der Waals surface area contributed by atoms with E-state index in [2.05, 4.69) is 34.6 Å². The van der Waals surface area contributed by atoms with Crippen LogP contribution < -0.4 is 11.1 Å². The van der Waals surface area contributed by atoms with Gasteiger partial charge in [0, 0.05) is 19.0 Å². The van der Waals surface area contributed by atoms with E-state index in [0.717, 1.165) is 12.2 Å². The van der Waals surface area contributed by atoms with Crippen LogP contribution in [0, 0.1) is 5.92 Å². The lowest BCUT2D eigenvalue weighted by Gasteiger charge is -1.99. The van der Waals surface area contributed by atoms with Crippen molar-refractivity contribution in [1.82, 2.24) is 25.5 Å². The Hall–Kier alpha value is -2.22. The van der Waals surface area contributed by atoms with Crippen LogP contribution in [0.25, 0.3) is 0 Å². The third-order valence-corrected chi connectivity index (χ3v) is 2.78. The third-order valence-electron chi connectivity index (χ3n) is 2.78. The molecule has 114 valence electrons. The molecule has 0 saturated heterocycles. The van der Waals surface area contributed by atoms with Crippen molar-refractivity contribution in [3.8, 4) is 0 Å². The zero-order chi connectivity index (χ0) is 15.2. The molecule has 2 aromatic heterocycles. The van der Waals surface area contributed by atoms with Gasteiger partial charge in [0.05, 0.1) is 19.3 Å². The molecule has 0 fully saturated rings. The average Bonchev–Trinajstić information content (AvgIpc) is 3.05. The molecule has 2 aromatic rings. The van der Waals surface area contributed by atoms with Crippen LogP contribution in [-0.4, -0.2) is 32.6 Å². The first-order valence-corrected chi connectivity index (χ1v) is 6.91. The van der Waals surface area contributed by atoms with Crippen LogP contribution in [-0.2, 0) is 19.5 Å². The molecule has 2 rings (SSSR count). The van der Waals surface area contributed by atoms with Gasteiger partial charge in [0.1, 0.15) is 11.5 Å². The molecule has 8 heteroatoms. The Balaban J connectivity index is 1.86. The van der Waals surface area contributed by atoms with Crippen molar-refractivity contribution in [1.29, 1.82) is 0 Å². The number of carbonyl (C=O) groups is 1. The molecular weight excluding hydrogens is 272 g/mol. The maximum atomic E-state index is 11.9. The first-order valence-electron chi connectivity index (χ1n) is 6.91. The van der Waals surface area contributed by atoms with Crippen molar-refractivity contribution in [2.45, 2.75) is 33.4 Å². The second-order valence-corrected chi connectivity index (χ2v) is 5.22. The number of nitrogens with one attached hydrogen (secondary N) is 1. The number of hydrogen-bond donors (Lipinski definition) is 2. The van der Waals surface area contributed by atoms with Gasteiger partial charge in [-0.3, -0.25) is 9.48 Å². The predicted molar refractivity (Wildman–Crippen MR) is 75.3 cm³/mol. The zero-order valence-corrected chi connectivity index (χ0v) is 12.2. The van der Waals surface area contributed by atoms with Crippen molar-refractivity contribution in [3.63, 3.8) is 0 Å². The van der Waals surface area contributed by atoms with Gasteiger partial charge in [-0.1, -0.05) is 24.2 Å². The maximum Gasteiger partial charge on any atom is 0.273 e.